The number of aromatic nitrogens is 4. The Labute approximate surface area is 231 Å². The van der Waals surface area contributed by atoms with Gasteiger partial charge in [-0.15, -0.1) is 33.3 Å². The van der Waals surface area contributed by atoms with Gasteiger partial charge in [-0.25, -0.2) is 14.5 Å². The summed E-state index contributed by atoms with van der Waals surface area (Å²) in [6.45, 7) is 0. The van der Waals surface area contributed by atoms with Crippen LogP contribution in [0.15, 0.2) is 32.1 Å². The highest BCUT2D eigenvalue weighted by Crippen LogP contribution is 2.41. The zero-order chi connectivity index (χ0) is 27.6. The van der Waals surface area contributed by atoms with Gasteiger partial charge in [-0.3, -0.25) is 19.9 Å². The van der Waals surface area contributed by atoms with Crippen LogP contribution in [0.3, 0.4) is 0 Å². The van der Waals surface area contributed by atoms with Gasteiger partial charge in [0.05, 0.1) is 5.75 Å². The van der Waals surface area contributed by atoms with E-state index in [9.17, 15) is 19.5 Å². The molecule has 0 unspecified atom stereocenters. The monoisotopic (exact) mass is 599 g/mol. The Kier molecular flexibility index (Phi) is 8.33. The lowest BCUT2D eigenvalue weighted by Crippen LogP contribution is -2.71. The Hall–Kier alpha value is -3.49. The van der Waals surface area contributed by atoms with E-state index in [0.717, 1.165) is 39.8 Å². The molecule has 9 N–H and O–H groups in total. The smallest absolute Gasteiger partial charge is 0.352 e. The van der Waals surface area contributed by atoms with Crippen molar-refractivity contribution in [3.8, 4) is 0 Å². The molecule has 2 atom stereocenters. The second kappa shape index (κ2) is 11.5. The number of carboxylic acid groups (broad SMARTS) is 1. The van der Waals surface area contributed by atoms with E-state index in [2.05, 4.69) is 25.7 Å². The quantitative estimate of drug-likeness (QED) is 0.0450. The van der Waals surface area contributed by atoms with E-state index in [4.69, 9.17) is 27.6 Å². The van der Waals surface area contributed by atoms with E-state index in [1.165, 1.54) is 28.9 Å². The first-order valence-corrected chi connectivity index (χ1v) is 14.3. The fraction of sp³-hybridized carbons (Fsp3) is 0.333. The summed E-state index contributed by atoms with van der Waals surface area (Å²) >= 11 is 4.72. The number of carbonyl (C=O) groups excluding carboxylic acids is 2. The van der Waals surface area contributed by atoms with Gasteiger partial charge >= 0.3 is 5.97 Å². The van der Waals surface area contributed by atoms with Crippen LogP contribution in [0.2, 0.25) is 0 Å². The van der Waals surface area contributed by atoms with Crippen LogP contribution in [0.1, 0.15) is 5.69 Å². The lowest BCUT2D eigenvalue weighted by molar-refractivity contribution is -0.150. The van der Waals surface area contributed by atoms with Crippen molar-refractivity contribution in [2.75, 3.05) is 35.9 Å². The van der Waals surface area contributed by atoms with Crippen LogP contribution in [-0.2, 0) is 19.2 Å². The average molecular weight is 600 g/mol. The molecule has 20 heteroatoms. The number of nitrogens with two attached hydrogens (primary N) is 3. The number of thiazole rings is 1. The Balaban J connectivity index is 1.46. The molecule has 1 saturated heterocycles. The van der Waals surface area contributed by atoms with Crippen LogP contribution in [0, 0.1) is 5.41 Å². The minimum absolute atomic E-state index is 0.0408. The number of nitrogen functional groups attached to an aromatic ring is 2. The van der Waals surface area contributed by atoms with Crippen molar-refractivity contribution >= 4 is 81.1 Å². The second-order valence-electron chi connectivity index (χ2n) is 7.55. The van der Waals surface area contributed by atoms with E-state index in [0.29, 0.717) is 21.6 Å². The number of hydrogen-bond acceptors (Lipinski definition) is 15. The van der Waals surface area contributed by atoms with Crippen molar-refractivity contribution < 1.29 is 24.3 Å². The number of nitrogens with zero attached hydrogens (tertiary/aromatic N) is 6. The normalized spacial score (nSPS) is 19.1. The van der Waals surface area contributed by atoms with Crippen LogP contribution in [0.4, 0.5) is 5.13 Å². The third-order valence-corrected chi connectivity index (χ3v) is 9.10. The van der Waals surface area contributed by atoms with Crippen LogP contribution in [-0.4, -0.2) is 95.0 Å². The predicted molar refractivity (Wildman–Crippen MR) is 143 cm³/mol. The summed E-state index contributed by atoms with van der Waals surface area (Å²) in [6.07, 6.45) is 0. The van der Waals surface area contributed by atoms with Gasteiger partial charge in [0.2, 0.25) is 10.3 Å². The highest BCUT2D eigenvalue weighted by molar-refractivity contribution is 8.01. The number of amidine groups is 1. The summed E-state index contributed by atoms with van der Waals surface area (Å²) in [5, 5.41) is 33.2. The molecule has 2 aliphatic rings. The third-order valence-electron chi connectivity index (χ3n) is 5.06. The summed E-state index contributed by atoms with van der Waals surface area (Å²) in [5.41, 5.74) is 11.4. The molecule has 2 aliphatic heterocycles. The molecule has 16 nitrogen and oxygen atoms in total. The van der Waals surface area contributed by atoms with Crippen LogP contribution in [0.5, 0.6) is 0 Å². The number of nitrogens with one attached hydrogen (secondary N) is 2. The molecule has 0 aromatic carbocycles. The summed E-state index contributed by atoms with van der Waals surface area (Å²) in [7, 11) is 1.26. The fourth-order valence-corrected chi connectivity index (χ4v) is 7.01. The number of β-lactam (4-membered cyclic amide) rings is 1. The van der Waals surface area contributed by atoms with Gasteiger partial charge in [0.15, 0.2) is 10.8 Å². The van der Waals surface area contributed by atoms with Gasteiger partial charge in [0.1, 0.15) is 35.8 Å². The lowest BCUT2D eigenvalue weighted by Gasteiger charge is -2.49. The van der Waals surface area contributed by atoms with Crippen molar-refractivity contribution in [3.63, 3.8) is 0 Å². The first-order chi connectivity index (χ1) is 18.1. The topological polar surface area (TPSA) is 254 Å². The van der Waals surface area contributed by atoms with Gasteiger partial charge in [-0.1, -0.05) is 28.7 Å². The van der Waals surface area contributed by atoms with E-state index >= 15 is 0 Å². The number of carboxylic acids is 1. The standard InChI is InChI=1S/C18H21N11O5S4/c1-34-27-9(7-4-36-16(21)23-7)12(30)24-10-13(31)28-11(15(32)33)6(2-35-14(10)28)3-37-17-25-26-18(29(17)22)38-5-8(19)20/h4,10,14H,2-3,5,22H2,1H3,(H3,19,20)(H2,21,23)(H,24,30)(H,32,33)/b27-9-/t10-,14-/m1/s1. The Morgan fingerprint density at radius 1 is 1.37 bits per heavy atom. The zero-order valence-electron chi connectivity index (χ0n) is 19.5. The van der Waals surface area contributed by atoms with Crippen LogP contribution < -0.4 is 22.6 Å². The molecule has 4 rings (SSSR count). The van der Waals surface area contributed by atoms with Crippen molar-refractivity contribution in [2.45, 2.75) is 21.7 Å². The van der Waals surface area contributed by atoms with Crippen molar-refractivity contribution in [3.05, 3.63) is 22.3 Å². The maximum Gasteiger partial charge on any atom is 0.352 e. The first-order valence-electron chi connectivity index (χ1n) is 10.4. The van der Waals surface area contributed by atoms with E-state index < -0.39 is 29.2 Å². The number of amides is 2. The number of anilines is 1. The van der Waals surface area contributed by atoms with Gasteiger partial charge in [0.25, 0.3) is 11.8 Å². The van der Waals surface area contributed by atoms with Gasteiger partial charge in [-0.2, -0.15) is 0 Å². The van der Waals surface area contributed by atoms with Gasteiger partial charge < -0.3 is 32.6 Å². The number of aliphatic carboxylic acids is 1. The second-order valence-corrected chi connectivity index (χ2v) is 11.4. The Bertz CT molecular complexity index is 1360. The highest BCUT2D eigenvalue weighted by atomic mass is 32.2. The third kappa shape index (κ3) is 5.51. The molecular weight excluding hydrogens is 579 g/mol. The molecule has 0 bridgehead atoms. The zero-order valence-corrected chi connectivity index (χ0v) is 22.7. The molecule has 0 spiro atoms. The minimum Gasteiger partial charge on any atom is -0.477 e. The summed E-state index contributed by atoms with van der Waals surface area (Å²) in [5.74, 6) is 4.08. The number of rotatable bonds is 11. The number of oxime groups is 1. The molecule has 38 heavy (non-hydrogen) atoms. The molecule has 2 aromatic rings. The first kappa shape index (κ1) is 27.5. The number of thioether (sulfide) groups is 3. The van der Waals surface area contributed by atoms with Crippen molar-refractivity contribution in [2.24, 2.45) is 10.9 Å². The SMILES string of the molecule is CO/N=C(\C(=O)N[C@@H]1C(=O)N2C(C(=O)O)=C(CSc3nnc(SCC(=N)N)n3N)CS[C@H]12)c1csc(N)n1. The molecule has 0 aliphatic carbocycles. The minimum atomic E-state index is -1.27. The Morgan fingerprint density at radius 3 is 2.68 bits per heavy atom. The number of hydrogen-bond donors (Lipinski definition) is 6. The predicted octanol–water partition coefficient (Wildman–Crippen LogP) is -1.06. The molecule has 0 radical (unpaired) electrons. The molecule has 0 saturated carbocycles. The molecule has 1 fully saturated rings. The largest absolute Gasteiger partial charge is 0.477 e. The van der Waals surface area contributed by atoms with Crippen LogP contribution >= 0.6 is 46.6 Å². The summed E-state index contributed by atoms with van der Waals surface area (Å²) < 4.78 is 1.23. The van der Waals surface area contributed by atoms with Crippen LogP contribution in [0.25, 0.3) is 0 Å². The summed E-state index contributed by atoms with van der Waals surface area (Å²) in [4.78, 5) is 47.9. The number of carbonyl (C=O) groups is 3. The highest BCUT2D eigenvalue weighted by Gasteiger charge is 2.54. The summed E-state index contributed by atoms with van der Waals surface area (Å²) in [6, 6.07) is -0.970. The molecule has 202 valence electrons. The average Bonchev–Trinajstić information content (AvgIpc) is 3.46. The van der Waals surface area contributed by atoms with Gasteiger partial charge in [0, 0.05) is 16.9 Å². The molecule has 2 amide bonds. The molecule has 2 aromatic heterocycles. The fourth-order valence-electron chi connectivity index (χ4n) is 3.45. The van der Waals surface area contributed by atoms with Gasteiger partial charge in [-0.05, 0) is 5.57 Å². The van der Waals surface area contributed by atoms with E-state index in [-0.39, 0.29) is 39.6 Å². The maximum atomic E-state index is 13.0. The molecular formula is C18H21N11O5S4. The Morgan fingerprint density at radius 2 is 2.08 bits per heavy atom. The van der Waals surface area contributed by atoms with Crippen molar-refractivity contribution in [1.29, 1.82) is 5.41 Å². The van der Waals surface area contributed by atoms with E-state index in [1.807, 2.05) is 0 Å². The maximum absolute atomic E-state index is 13.0. The molecule has 4 heterocycles. The number of fused-ring (bicyclic) bond motifs is 1. The van der Waals surface area contributed by atoms with E-state index in [1.54, 1.807) is 0 Å². The van der Waals surface area contributed by atoms with Crippen molar-refractivity contribution in [1.82, 2.24) is 30.1 Å². The lowest BCUT2D eigenvalue weighted by atomic mass is 10.0.